The van der Waals surface area contributed by atoms with Gasteiger partial charge < -0.3 is 14.8 Å². The standard InChI is InChI=1S/C18H21NO6S/c1-11(2)26(23,24)15-6-4-13(5-7-15)8-17(20)19-10-14-9-16(18(21)22)12(3)25-14/h4-7,9,11H,8,10H2,1-3H3,(H,19,20)(H,21,22). The molecule has 2 rings (SSSR count). The lowest BCUT2D eigenvalue weighted by Gasteiger charge is -2.08. The summed E-state index contributed by atoms with van der Waals surface area (Å²) in [4.78, 5) is 23.2. The molecular formula is C18H21NO6S. The Hall–Kier alpha value is -2.61. The number of amides is 1. The van der Waals surface area contributed by atoms with Gasteiger partial charge in [0.15, 0.2) is 9.84 Å². The van der Waals surface area contributed by atoms with E-state index < -0.39 is 21.1 Å². The fourth-order valence-electron chi connectivity index (χ4n) is 2.35. The molecule has 0 saturated carbocycles. The van der Waals surface area contributed by atoms with Gasteiger partial charge in [0.1, 0.15) is 17.1 Å². The van der Waals surface area contributed by atoms with Gasteiger partial charge in [0.2, 0.25) is 5.91 Å². The summed E-state index contributed by atoms with van der Waals surface area (Å²) in [6.45, 7) is 4.85. The summed E-state index contributed by atoms with van der Waals surface area (Å²) >= 11 is 0. The Morgan fingerprint density at radius 2 is 1.81 bits per heavy atom. The van der Waals surface area contributed by atoms with Crippen LogP contribution >= 0.6 is 0 Å². The number of carbonyl (C=O) groups excluding carboxylic acids is 1. The van der Waals surface area contributed by atoms with Gasteiger partial charge in [-0.25, -0.2) is 13.2 Å². The van der Waals surface area contributed by atoms with Crippen LogP contribution in [0.4, 0.5) is 0 Å². The van der Waals surface area contributed by atoms with Gasteiger partial charge in [0.05, 0.1) is 23.1 Å². The molecule has 1 aromatic carbocycles. The second-order valence-corrected chi connectivity index (χ2v) is 8.68. The quantitative estimate of drug-likeness (QED) is 0.763. The minimum Gasteiger partial charge on any atom is -0.478 e. The monoisotopic (exact) mass is 379 g/mol. The van der Waals surface area contributed by atoms with E-state index in [1.807, 2.05) is 0 Å². The Balaban J connectivity index is 1.96. The van der Waals surface area contributed by atoms with E-state index in [0.29, 0.717) is 11.3 Å². The van der Waals surface area contributed by atoms with Crippen molar-refractivity contribution in [3.05, 3.63) is 53.0 Å². The van der Waals surface area contributed by atoms with Crippen molar-refractivity contribution in [2.45, 2.75) is 43.9 Å². The number of benzene rings is 1. The zero-order chi connectivity index (χ0) is 19.5. The second-order valence-electron chi connectivity index (χ2n) is 6.18. The molecule has 0 bridgehead atoms. The third-order valence-electron chi connectivity index (χ3n) is 3.90. The van der Waals surface area contributed by atoms with Crippen LogP contribution in [0.1, 0.15) is 41.3 Å². The second kappa shape index (κ2) is 7.74. The molecule has 2 aromatic rings. The van der Waals surface area contributed by atoms with Gasteiger partial charge in [-0.1, -0.05) is 12.1 Å². The number of sulfone groups is 1. The SMILES string of the molecule is Cc1oc(CNC(=O)Cc2ccc(S(=O)(=O)C(C)C)cc2)cc1C(=O)O. The molecule has 26 heavy (non-hydrogen) atoms. The molecule has 0 unspecified atom stereocenters. The van der Waals surface area contributed by atoms with Crippen LogP contribution in [-0.4, -0.2) is 30.7 Å². The number of carbonyl (C=O) groups is 2. The maximum absolute atomic E-state index is 12.1. The summed E-state index contributed by atoms with van der Waals surface area (Å²) in [7, 11) is -3.34. The number of aryl methyl sites for hydroxylation is 1. The van der Waals surface area contributed by atoms with Gasteiger partial charge in [-0.2, -0.15) is 0 Å². The highest BCUT2D eigenvalue weighted by atomic mass is 32.2. The molecule has 0 spiro atoms. The highest BCUT2D eigenvalue weighted by molar-refractivity contribution is 7.92. The van der Waals surface area contributed by atoms with E-state index in [1.165, 1.54) is 18.2 Å². The molecule has 7 nitrogen and oxygen atoms in total. The topological polar surface area (TPSA) is 114 Å². The van der Waals surface area contributed by atoms with E-state index in [0.717, 1.165) is 0 Å². The fourth-order valence-corrected chi connectivity index (χ4v) is 3.41. The molecule has 8 heteroatoms. The van der Waals surface area contributed by atoms with Crippen molar-refractivity contribution in [3.8, 4) is 0 Å². The third kappa shape index (κ3) is 4.51. The van der Waals surface area contributed by atoms with Gasteiger partial charge in [0.25, 0.3) is 0 Å². The van der Waals surface area contributed by atoms with E-state index in [4.69, 9.17) is 9.52 Å². The molecule has 1 amide bonds. The van der Waals surface area contributed by atoms with Crippen LogP contribution in [0.3, 0.4) is 0 Å². The Kier molecular flexibility index (Phi) is 5.86. The minimum atomic E-state index is -3.34. The smallest absolute Gasteiger partial charge is 0.339 e. The van der Waals surface area contributed by atoms with Crippen LogP contribution in [0.15, 0.2) is 39.6 Å². The Morgan fingerprint density at radius 3 is 2.31 bits per heavy atom. The first-order chi connectivity index (χ1) is 12.1. The van der Waals surface area contributed by atoms with Crippen LogP contribution in [0.25, 0.3) is 0 Å². The number of hydrogen-bond donors (Lipinski definition) is 2. The lowest BCUT2D eigenvalue weighted by Crippen LogP contribution is -2.24. The zero-order valence-corrected chi connectivity index (χ0v) is 15.6. The Morgan fingerprint density at radius 1 is 1.19 bits per heavy atom. The molecule has 0 saturated heterocycles. The van der Waals surface area contributed by atoms with Gasteiger partial charge in [-0.3, -0.25) is 4.79 Å². The molecule has 0 aliphatic carbocycles. The number of furan rings is 1. The van der Waals surface area contributed by atoms with Gasteiger partial charge >= 0.3 is 5.97 Å². The van der Waals surface area contributed by atoms with Crippen LogP contribution < -0.4 is 5.32 Å². The number of carboxylic acid groups (broad SMARTS) is 1. The van der Waals surface area contributed by atoms with Crippen molar-refractivity contribution in [2.75, 3.05) is 0 Å². The first kappa shape index (κ1) is 19.7. The number of hydrogen-bond acceptors (Lipinski definition) is 5. The number of carboxylic acids is 1. The summed E-state index contributed by atoms with van der Waals surface area (Å²) in [5.41, 5.74) is 0.739. The first-order valence-corrected chi connectivity index (χ1v) is 9.58. The maximum atomic E-state index is 12.1. The van der Waals surface area contributed by atoms with Crippen molar-refractivity contribution in [1.29, 1.82) is 0 Å². The van der Waals surface area contributed by atoms with Gasteiger partial charge in [-0.15, -0.1) is 0 Å². The highest BCUT2D eigenvalue weighted by Gasteiger charge is 2.19. The van der Waals surface area contributed by atoms with E-state index in [9.17, 15) is 18.0 Å². The van der Waals surface area contributed by atoms with Crippen LogP contribution in [0, 0.1) is 6.92 Å². The van der Waals surface area contributed by atoms with Gasteiger partial charge in [0, 0.05) is 0 Å². The van der Waals surface area contributed by atoms with E-state index >= 15 is 0 Å². The van der Waals surface area contributed by atoms with E-state index in [2.05, 4.69) is 5.32 Å². The van der Waals surface area contributed by atoms with E-state index in [-0.39, 0.29) is 35.1 Å². The average Bonchev–Trinajstić information content (AvgIpc) is 2.94. The van der Waals surface area contributed by atoms with Crippen molar-refractivity contribution in [3.63, 3.8) is 0 Å². The normalized spacial score (nSPS) is 11.5. The van der Waals surface area contributed by atoms with Crippen LogP contribution in [-0.2, 0) is 27.6 Å². The predicted molar refractivity (Wildman–Crippen MR) is 94.7 cm³/mol. The van der Waals surface area contributed by atoms with Crippen molar-refractivity contribution in [2.24, 2.45) is 0 Å². The molecular weight excluding hydrogens is 358 g/mol. The summed E-state index contributed by atoms with van der Waals surface area (Å²) < 4.78 is 29.4. The molecule has 140 valence electrons. The third-order valence-corrected chi connectivity index (χ3v) is 6.07. The number of aromatic carboxylic acids is 1. The molecule has 0 atom stereocenters. The predicted octanol–water partition coefficient (Wildman–Crippen LogP) is 2.33. The molecule has 0 fully saturated rings. The summed E-state index contributed by atoms with van der Waals surface area (Å²) in [5.74, 6) is -0.731. The van der Waals surface area contributed by atoms with Crippen molar-refractivity contribution < 1.29 is 27.5 Å². The van der Waals surface area contributed by atoms with Gasteiger partial charge in [-0.05, 0) is 44.5 Å². The maximum Gasteiger partial charge on any atom is 0.339 e. The summed E-state index contributed by atoms with van der Waals surface area (Å²) in [6.07, 6.45) is 0.0769. The largest absolute Gasteiger partial charge is 0.478 e. The number of rotatable bonds is 7. The minimum absolute atomic E-state index is 0.0659. The molecule has 1 heterocycles. The molecule has 1 aromatic heterocycles. The van der Waals surface area contributed by atoms with E-state index in [1.54, 1.807) is 32.9 Å². The van der Waals surface area contributed by atoms with Crippen LogP contribution in [0.2, 0.25) is 0 Å². The highest BCUT2D eigenvalue weighted by Crippen LogP contribution is 2.17. The molecule has 0 radical (unpaired) electrons. The summed E-state index contributed by atoms with van der Waals surface area (Å²) in [5, 5.41) is 11.1. The van der Waals surface area contributed by atoms with Crippen LogP contribution in [0.5, 0.6) is 0 Å². The lowest BCUT2D eigenvalue weighted by atomic mass is 10.1. The summed E-state index contributed by atoms with van der Waals surface area (Å²) in [6, 6.07) is 7.58. The lowest BCUT2D eigenvalue weighted by molar-refractivity contribution is -0.120. The molecule has 2 N–H and O–H groups in total. The fraction of sp³-hybridized carbons (Fsp3) is 0.333. The Labute approximate surface area is 151 Å². The van der Waals surface area contributed by atoms with Crippen molar-refractivity contribution in [1.82, 2.24) is 5.32 Å². The number of nitrogens with one attached hydrogen (secondary N) is 1. The molecule has 0 aliphatic heterocycles. The zero-order valence-electron chi connectivity index (χ0n) is 14.8. The Bertz CT molecular complexity index is 910. The van der Waals surface area contributed by atoms with Crippen molar-refractivity contribution >= 4 is 21.7 Å². The first-order valence-electron chi connectivity index (χ1n) is 8.03. The average molecular weight is 379 g/mol. The molecule has 0 aliphatic rings.